The summed E-state index contributed by atoms with van der Waals surface area (Å²) in [5.41, 5.74) is 0.675. The molecule has 1 fully saturated rings. The van der Waals surface area contributed by atoms with Gasteiger partial charge in [0.1, 0.15) is 6.54 Å². The maximum atomic E-state index is 12.7. The van der Waals surface area contributed by atoms with E-state index in [0.29, 0.717) is 10.6 Å². The Hall–Kier alpha value is -2.05. The van der Waals surface area contributed by atoms with E-state index in [1.54, 1.807) is 24.3 Å². The summed E-state index contributed by atoms with van der Waals surface area (Å²) in [6.07, 6.45) is -4.63. The number of hydrogen-bond acceptors (Lipinski definition) is 2. The van der Waals surface area contributed by atoms with Crippen molar-refractivity contribution < 1.29 is 22.8 Å². The summed E-state index contributed by atoms with van der Waals surface area (Å²) in [6.45, 7) is 2.17. The lowest BCUT2D eigenvalue weighted by atomic mass is 10.1. The molecule has 1 atom stereocenters. The van der Waals surface area contributed by atoms with Gasteiger partial charge in [-0.15, -0.1) is 0 Å². The lowest BCUT2D eigenvalue weighted by Crippen LogP contribution is -2.42. The minimum Gasteiger partial charge on any atom is -0.333 e. The van der Waals surface area contributed by atoms with E-state index in [0.717, 1.165) is 0 Å². The molecule has 0 saturated carbocycles. The first-order valence-electron chi connectivity index (χ1n) is 7.41. The Labute approximate surface area is 132 Å². The highest BCUT2D eigenvalue weighted by Gasteiger charge is 2.42. The zero-order chi connectivity index (χ0) is 17.2. The van der Waals surface area contributed by atoms with Crippen molar-refractivity contribution in [2.45, 2.75) is 32.5 Å². The van der Waals surface area contributed by atoms with Crippen LogP contribution in [0.4, 0.5) is 18.9 Å². The topological polar surface area (TPSA) is 40.6 Å². The Morgan fingerprint density at radius 1 is 1.30 bits per heavy atom. The van der Waals surface area contributed by atoms with Gasteiger partial charge in [-0.1, -0.05) is 18.2 Å². The van der Waals surface area contributed by atoms with Crippen LogP contribution in [0.3, 0.4) is 0 Å². The van der Waals surface area contributed by atoms with Crippen LogP contribution in [0.25, 0.3) is 0 Å². The second-order valence-corrected chi connectivity index (χ2v) is 5.93. The monoisotopic (exact) mass is 328 g/mol. The average molecular weight is 328 g/mol. The predicted molar refractivity (Wildman–Crippen MR) is 79.8 cm³/mol. The second-order valence-electron chi connectivity index (χ2n) is 5.93. The molecule has 2 amide bonds. The summed E-state index contributed by atoms with van der Waals surface area (Å²) < 4.78 is 37.4. The number of anilines is 1. The molecule has 23 heavy (non-hydrogen) atoms. The molecule has 7 heteroatoms. The third kappa shape index (κ3) is 4.24. The van der Waals surface area contributed by atoms with Crippen molar-refractivity contribution >= 4 is 17.5 Å². The average Bonchev–Trinajstić information content (AvgIpc) is 2.79. The largest absolute Gasteiger partial charge is 0.406 e. The molecule has 4 nitrogen and oxygen atoms in total. The Balaban J connectivity index is 2.14. The maximum Gasteiger partial charge on any atom is 0.406 e. The molecule has 1 aromatic carbocycles. The van der Waals surface area contributed by atoms with E-state index in [2.05, 4.69) is 0 Å². The summed E-state index contributed by atoms with van der Waals surface area (Å²) in [5.74, 6) is -1.69. The summed E-state index contributed by atoms with van der Waals surface area (Å²) >= 11 is 0. The molecule has 1 aliphatic rings. The molecule has 1 saturated heterocycles. The number of para-hydroxylation sites is 1. The molecular formula is C16H19F3N2O2. The third-order valence-electron chi connectivity index (χ3n) is 3.72. The van der Waals surface area contributed by atoms with Crippen molar-refractivity contribution in [3.63, 3.8) is 0 Å². The molecule has 1 aliphatic heterocycles. The number of benzene rings is 1. The van der Waals surface area contributed by atoms with E-state index in [4.69, 9.17) is 0 Å². The van der Waals surface area contributed by atoms with Crippen LogP contribution in [0, 0.1) is 5.92 Å². The van der Waals surface area contributed by atoms with E-state index in [1.807, 2.05) is 19.9 Å². The van der Waals surface area contributed by atoms with Crippen LogP contribution in [-0.4, -0.2) is 42.0 Å². The van der Waals surface area contributed by atoms with Crippen molar-refractivity contribution in [2.75, 3.05) is 18.0 Å². The minimum atomic E-state index is -4.45. The van der Waals surface area contributed by atoms with Gasteiger partial charge in [0, 0.05) is 24.7 Å². The fourth-order valence-electron chi connectivity index (χ4n) is 2.77. The number of carbonyl (C=O) groups excluding carboxylic acids is 2. The maximum absolute atomic E-state index is 12.7. The van der Waals surface area contributed by atoms with Crippen LogP contribution in [0.2, 0.25) is 0 Å². The van der Waals surface area contributed by atoms with Gasteiger partial charge < -0.3 is 9.80 Å². The predicted octanol–water partition coefficient (Wildman–Crippen LogP) is 2.84. The van der Waals surface area contributed by atoms with Crippen LogP contribution in [-0.2, 0) is 9.59 Å². The summed E-state index contributed by atoms with van der Waals surface area (Å²) in [5, 5.41) is 0. The molecule has 1 heterocycles. The Kier molecular flexibility index (Phi) is 4.97. The van der Waals surface area contributed by atoms with Crippen LogP contribution in [0.5, 0.6) is 0 Å². The van der Waals surface area contributed by atoms with Crippen LogP contribution in [0.1, 0.15) is 20.3 Å². The highest BCUT2D eigenvalue weighted by Crippen LogP contribution is 2.27. The van der Waals surface area contributed by atoms with Crippen molar-refractivity contribution in [1.29, 1.82) is 0 Å². The molecule has 126 valence electrons. The van der Waals surface area contributed by atoms with Gasteiger partial charge in [-0.3, -0.25) is 9.59 Å². The third-order valence-corrected chi connectivity index (χ3v) is 3.72. The van der Waals surface area contributed by atoms with E-state index < -0.39 is 24.5 Å². The van der Waals surface area contributed by atoms with Crippen LogP contribution < -0.4 is 4.90 Å². The number of rotatable bonds is 4. The normalized spacial score (nSPS) is 18.6. The molecule has 0 radical (unpaired) electrons. The molecule has 0 aliphatic carbocycles. The zero-order valence-corrected chi connectivity index (χ0v) is 13.0. The highest BCUT2D eigenvalue weighted by atomic mass is 19.4. The molecular weight excluding hydrogens is 309 g/mol. The molecule has 0 N–H and O–H groups in total. The molecule has 0 bridgehead atoms. The quantitative estimate of drug-likeness (QED) is 0.853. The van der Waals surface area contributed by atoms with Crippen molar-refractivity contribution in [3.8, 4) is 0 Å². The van der Waals surface area contributed by atoms with Gasteiger partial charge in [0.25, 0.3) is 0 Å². The fourth-order valence-corrected chi connectivity index (χ4v) is 2.77. The van der Waals surface area contributed by atoms with Crippen LogP contribution >= 0.6 is 0 Å². The number of hydrogen-bond donors (Lipinski definition) is 0. The number of halogens is 3. The van der Waals surface area contributed by atoms with Gasteiger partial charge in [0.15, 0.2) is 0 Å². The van der Waals surface area contributed by atoms with Gasteiger partial charge >= 0.3 is 6.18 Å². The lowest BCUT2D eigenvalue weighted by molar-refractivity contribution is -0.157. The highest BCUT2D eigenvalue weighted by molar-refractivity contribution is 5.99. The van der Waals surface area contributed by atoms with Crippen molar-refractivity contribution in [3.05, 3.63) is 30.3 Å². The van der Waals surface area contributed by atoms with Gasteiger partial charge in [-0.05, 0) is 26.0 Å². The minimum absolute atomic E-state index is 0.156. The van der Waals surface area contributed by atoms with Gasteiger partial charge in [-0.2, -0.15) is 13.2 Å². The summed E-state index contributed by atoms with van der Waals surface area (Å²) in [4.78, 5) is 26.7. The standard InChI is InChI=1S/C16H19F3N2O2/c1-11(2)21(13-6-4-3-5-7-13)15(23)12-8-14(22)20(9-12)10-16(17,18)19/h3-7,11-12H,8-10H2,1-2H3/t12-/m0/s1. The molecule has 1 aromatic rings. The SMILES string of the molecule is CC(C)N(C(=O)[C@H]1CC(=O)N(CC(F)(F)F)C1)c1ccccc1. The van der Waals surface area contributed by atoms with Gasteiger partial charge in [0.05, 0.1) is 5.92 Å². The Morgan fingerprint density at radius 2 is 1.91 bits per heavy atom. The first kappa shape index (κ1) is 17.3. The molecule has 0 aromatic heterocycles. The molecule has 0 unspecified atom stereocenters. The van der Waals surface area contributed by atoms with E-state index in [9.17, 15) is 22.8 Å². The second kappa shape index (κ2) is 6.60. The van der Waals surface area contributed by atoms with Gasteiger partial charge in [-0.25, -0.2) is 0 Å². The Bertz CT molecular complexity index is 572. The van der Waals surface area contributed by atoms with E-state index >= 15 is 0 Å². The van der Waals surface area contributed by atoms with Gasteiger partial charge in [0.2, 0.25) is 11.8 Å². The Morgan fingerprint density at radius 3 is 2.43 bits per heavy atom. The number of amides is 2. The number of carbonyl (C=O) groups is 2. The molecule has 0 spiro atoms. The smallest absolute Gasteiger partial charge is 0.333 e. The number of nitrogens with zero attached hydrogens (tertiary/aromatic N) is 2. The molecule has 2 rings (SSSR count). The fraction of sp³-hybridized carbons (Fsp3) is 0.500. The summed E-state index contributed by atoms with van der Waals surface area (Å²) in [6, 6.07) is 8.76. The first-order chi connectivity index (χ1) is 10.7. The number of likely N-dealkylation sites (tertiary alicyclic amines) is 1. The van der Waals surface area contributed by atoms with Crippen LogP contribution in [0.15, 0.2) is 30.3 Å². The lowest BCUT2D eigenvalue weighted by Gasteiger charge is -2.29. The van der Waals surface area contributed by atoms with Crippen molar-refractivity contribution in [2.24, 2.45) is 5.92 Å². The zero-order valence-electron chi connectivity index (χ0n) is 13.0. The van der Waals surface area contributed by atoms with E-state index in [1.165, 1.54) is 4.90 Å². The first-order valence-corrected chi connectivity index (χ1v) is 7.41. The summed E-state index contributed by atoms with van der Waals surface area (Å²) in [7, 11) is 0. The van der Waals surface area contributed by atoms with Crippen molar-refractivity contribution in [1.82, 2.24) is 4.90 Å². The van der Waals surface area contributed by atoms with E-state index in [-0.39, 0.29) is 24.9 Å². The number of alkyl halides is 3.